The van der Waals surface area contributed by atoms with Crippen LogP contribution in [0.3, 0.4) is 0 Å². The largest absolute Gasteiger partial charge is 0.497 e. The number of aryl methyl sites for hydroxylation is 1. The molecule has 0 amide bonds. The number of hydrogen-bond donors (Lipinski definition) is 0. The summed E-state index contributed by atoms with van der Waals surface area (Å²) in [6, 6.07) is 23.5. The lowest BCUT2D eigenvalue weighted by molar-refractivity contribution is 0.172. The molecule has 3 aromatic carbocycles. The van der Waals surface area contributed by atoms with Crippen LogP contribution in [0.1, 0.15) is 11.3 Å². The molecule has 0 spiro atoms. The molecule has 5 rings (SSSR count). The quantitative estimate of drug-likeness (QED) is 0.395. The molecule has 6 nitrogen and oxygen atoms in total. The Labute approximate surface area is 200 Å². The Bertz CT molecular complexity index is 1400. The fraction of sp³-hybridized carbons (Fsp3) is 0.259. The summed E-state index contributed by atoms with van der Waals surface area (Å²) in [5.41, 5.74) is 4.46. The van der Waals surface area contributed by atoms with Gasteiger partial charge >= 0.3 is 0 Å². The van der Waals surface area contributed by atoms with Crippen LogP contribution in [0.4, 0.5) is 0 Å². The number of furan rings is 1. The van der Waals surface area contributed by atoms with E-state index in [-0.39, 0.29) is 4.90 Å². The number of benzene rings is 3. The minimum absolute atomic E-state index is 0.266. The number of hydrogen-bond acceptors (Lipinski definition) is 5. The van der Waals surface area contributed by atoms with Crippen molar-refractivity contribution in [1.29, 1.82) is 0 Å². The van der Waals surface area contributed by atoms with E-state index in [0.717, 1.165) is 22.3 Å². The van der Waals surface area contributed by atoms with Crippen molar-refractivity contribution in [3.63, 3.8) is 0 Å². The van der Waals surface area contributed by atoms with Gasteiger partial charge in [0.05, 0.1) is 18.6 Å². The van der Waals surface area contributed by atoms with Crippen LogP contribution in [-0.2, 0) is 16.6 Å². The molecule has 176 valence electrons. The number of nitrogens with zero attached hydrogens (tertiary/aromatic N) is 2. The molecule has 34 heavy (non-hydrogen) atoms. The lowest BCUT2D eigenvalue weighted by atomic mass is 10.0. The first-order valence-electron chi connectivity index (χ1n) is 11.4. The van der Waals surface area contributed by atoms with Crippen LogP contribution in [0.5, 0.6) is 5.75 Å². The van der Waals surface area contributed by atoms with Gasteiger partial charge in [0, 0.05) is 37.6 Å². The smallest absolute Gasteiger partial charge is 0.243 e. The normalized spacial score (nSPS) is 15.6. The van der Waals surface area contributed by atoms with Crippen molar-refractivity contribution < 1.29 is 17.6 Å². The zero-order valence-corrected chi connectivity index (χ0v) is 20.2. The van der Waals surface area contributed by atoms with E-state index in [1.165, 1.54) is 18.2 Å². The number of fused-ring (bicyclic) bond motifs is 1. The number of piperazine rings is 1. The predicted molar refractivity (Wildman–Crippen MR) is 133 cm³/mol. The van der Waals surface area contributed by atoms with Crippen LogP contribution in [0.25, 0.3) is 22.1 Å². The fourth-order valence-corrected chi connectivity index (χ4v) is 5.82. The van der Waals surface area contributed by atoms with Gasteiger partial charge in [-0.2, -0.15) is 4.31 Å². The van der Waals surface area contributed by atoms with Gasteiger partial charge in [0.25, 0.3) is 0 Å². The zero-order valence-electron chi connectivity index (χ0n) is 19.4. The van der Waals surface area contributed by atoms with Gasteiger partial charge in [0.1, 0.15) is 17.1 Å². The second-order valence-electron chi connectivity index (χ2n) is 8.69. The first-order chi connectivity index (χ1) is 16.4. The van der Waals surface area contributed by atoms with Gasteiger partial charge in [-0.25, -0.2) is 8.42 Å². The molecule has 1 aliphatic rings. The number of ether oxygens (including phenoxy) is 1. The lowest BCUT2D eigenvalue weighted by Gasteiger charge is -2.33. The van der Waals surface area contributed by atoms with Gasteiger partial charge in [0.15, 0.2) is 0 Å². The molecule has 0 saturated carbocycles. The zero-order chi connectivity index (χ0) is 23.7. The molecule has 0 bridgehead atoms. The highest BCUT2D eigenvalue weighted by atomic mass is 32.2. The van der Waals surface area contributed by atoms with E-state index >= 15 is 0 Å². The second-order valence-corrected chi connectivity index (χ2v) is 10.6. The molecule has 1 aromatic heterocycles. The maximum Gasteiger partial charge on any atom is 0.243 e. The summed E-state index contributed by atoms with van der Waals surface area (Å²) in [5, 5.41) is 1.08. The first kappa shape index (κ1) is 22.7. The molecule has 0 unspecified atom stereocenters. The Morgan fingerprint density at radius 3 is 2.35 bits per heavy atom. The highest BCUT2D eigenvalue weighted by Crippen LogP contribution is 2.28. The monoisotopic (exact) mass is 476 g/mol. The summed E-state index contributed by atoms with van der Waals surface area (Å²) < 4.78 is 38.9. The van der Waals surface area contributed by atoms with Gasteiger partial charge in [-0.05, 0) is 48.4 Å². The van der Waals surface area contributed by atoms with E-state index in [1.54, 1.807) is 28.6 Å². The summed E-state index contributed by atoms with van der Waals surface area (Å²) >= 11 is 0. The van der Waals surface area contributed by atoms with Gasteiger partial charge < -0.3 is 9.15 Å². The van der Waals surface area contributed by atoms with Crippen LogP contribution >= 0.6 is 0 Å². The minimum Gasteiger partial charge on any atom is -0.497 e. The summed E-state index contributed by atoms with van der Waals surface area (Å²) in [7, 11) is -2.01. The van der Waals surface area contributed by atoms with Crippen LogP contribution in [0.2, 0.25) is 0 Å². The Morgan fingerprint density at radius 1 is 0.882 bits per heavy atom. The lowest BCUT2D eigenvalue weighted by Crippen LogP contribution is -2.48. The summed E-state index contributed by atoms with van der Waals surface area (Å²) in [4.78, 5) is 2.50. The fourth-order valence-electron chi connectivity index (χ4n) is 4.36. The molecule has 0 N–H and O–H groups in total. The van der Waals surface area contributed by atoms with E-state index in [9.17, 15) is 8.42 Å². The van der Waals surface area contributed by atoms with Crippen molar-refractivity contribution in [2.75, 3.05) is 33.3 Å². The third-order valence-corrected chi connectivity index (χ3v) is 8.24. The predicted octanol–water partition coefficient (Wildman–Crippen LogP) is 4.92. The van der Waals surface area contributed by atoms with Crippen LogP contribution in [0, 0.1) is 6.92 Å². The maximum atomic E-state index is 13.0. The molecule has 2 heterocycles. The van der Waals surface area contributed by atoms with E-state index < -0.39 is 10.0 Å². The molecule has 0 aliphatic carbocycles. The summed E-state index contributed by atoms with van der Waals surface area (Å²) in [5.74, 6) is 1.43. The van der Waals surface area contributed by atoms with E-state index in [4.69, 9.17) is 9.15 Å². The topological polar surface area (TPSA) is 63.0 Å². The van der Waals surface area contributed by atoms with Gasteiger partial charge in [-0.15, -0.1) is 0 Å². The molecular formula is C27H28N2O4S. The average Bonchev–Trinajstić information content (AvgIpc) is 3.26. The average molecular weight is 477 g/mol. The van der Waals surface area contributed by atoms with E-state index in [1.807, 2.05) is 6.07 Å². The van der Waals surface area contributed by atoms with E-state index in [0.29, 0.717) is 38.5 Å². The molecule has 0 atom stereocenters. The van der Waals surface area contributed by atoms with Crippen LogP contribution < -0.4 is 4.74 Å². The van der Waals surface area contributed by atoms with Crippen molar-refractivity contribution in [1.82, 2.24) is 9.21 Å². The molecule has 4 aromatic rings. The molecule has 1 aliphatic heterocycles. The van der Waals surface area contributed by atoms with Crippen LogP contribution in [0.15, 0.2) is 82.1 Å². The standard InChI is InChI=1S/C27H28N2O4S/c1-20-6-8-21(9-7-20)22-10-11-27-23(16-22)17-25(33-27)19-28-12-14-29(15-13-28)34(30,31)26-5-3-4-24(18-26)32-2/h3-11,16-18H,12-15,19H2,1-2H3. The number of methoxy groups -OCH3 is 1. The first-order valence-corrected chi connectivity index (χ1v) is 12.8. The Kier molecular flexibility index (Phi) is 6.16. The van der Waals surface area contributed by atoms with Crippen molar-refractivity contribution >= 4 is 21.0 Å². The minimum atomic E-state index is -3.54. The maximum absolute atomic E-state index is 13.0. The molecule has 1 fully saturated rings. The Balaban J connectivity index is 1.25. The van der Waals surface area contributed by atoms with Crippen molar-refractivity contribution in [2.45, 2.75) is 18.4 Å². The Hall–Kier alpha value is -3.13. The number of sulfonamides is 1. The summed E-state index contributed by atoms with van der Waals surface area (Å²) in [6.45, 7) is 4.92. The van der Waals surface area contributed by atoms with Gasteiger partial charge in [-0.3, -0.25) is 4.90 Å². The molecular weight excluding hydrogens is 448 g/mol. The third-order valence-electron chi connectivity index (χ3n) is 6.34. The summed E-state index contributed by atoms with van der Waals surface area (Å²) in [6.07, 6.45) is 0. The van der Waals surface area contributed by atoms with Crippen LogP contribution in [-0.4, -0.2) is 50.9 Å². The molecule has 1 saturated heterocycles. The van der Waals surface area contributed by atoms with Crippen molar-refractivity contribution in [3.8, 4) is 16.9 Å². The SMILES string of the molecule is COc1cccc(S(=O)(=O)N2CCN(Cc3cc4cc(-c5ccc(C)cc5)ccc4o3)CC2)c1. The van der Waals surface area contributed by atoms with Crippen molar-refractivity contribution in [2.24, 2.45) is 0 Å². The third kappa shape index (κ3) is 4.59. The highest BCUT2D eigenvalue weighted by molar-refractivity contribution is 7.89. The van der Waals surface area contributed by atoms with Gasteiger partial charge in [0.2, 0.25) is 10.0 Å². The molecule has 7 heteroatoms. The van der Waals surface area contributed by atoms with Crippen molar-refractivity contribution in [3.05, 3.63) is 84.1 Å². The number of rotatable bonds is 6. The Morgan fingerprint density at radius 2 is 1.62 bits per heavy atom. The van der Waals surface area contributed by atoms with Gasteiger partial charge in [-0.1, -0.05) is 42.0 Å². The van der Waals surface area contributed by atoms with E-state index in [2.05, 4.69) is 54.3 Å². The second kappa shape index (κ2) is 9.25. The molecule has 0 radical (unpaired) electrons. The highest BCUT2D eigenvalue weighted by Gasteiger charge is 2.29.